The lowest BCUT2D eigenvalue weighted by Crippen LogP contribution is -2.54. The molecular formula is C17H35N3. The first-order valence-corrected chi connectivity index (χ1v) is 8.79. The van der Waals surface area contributed by atoms with Crippen LogP contribution in [0.5, 0.6) is 0 Å². The van der Waals surface area contributed by atoms with Crippen molar-refractivity contribution in [1.82, 2.24) is 15.1 Å². The third-order valence-electron chi connectivity index (χ3n) is 5.44. The minimum absolute atomic E-state index is 0.601. The largest absolute Gasteiger partial charge is 0.314 e. The third kappa shape index (κ3) is 4.44. The first kappa shape index (κ1) is 16.3. The highest BCUT2D eigenvalue weighted by Gasteiger charge is 2.29. The van der Waals surface area contributed by atoms with Gasteiger partial charge in [0.25, 0.3) is 0 Å². The van der Waals surface area contributed by atoms with Crippen molar-refractivity contribution < 1.29 is 0 Å². The summed E-state index contributed by atoms with van der Waals surface area (Å²) in [6, 6.07) is 2.21. The second-order valence-corrected chi connectivity index (χ2v) is 7.29. The van der Waals surface area contributed by atoms with E-state index in [1.807, 2.05) is 0 Å². The molecule has 0 aromatic rings. The fraction of sp³-hybridized carbons (Fsp3) is 1.00. The summed E-state index contributed by atoms with van der Waals surface area (Å²) >= 11 is 0. The molecule has 1 heterocycles. The van der Waals surface area contributed by atoms with Crippen LogP contribution in [0.3, 0.4) is 0 Å². The van der Waals surface area contributed by atoms with Gasteiger partial charge in [0.2, 0.25) is 0 Å². The summed E-state index contributed by atoms with van der Waals surface area (Å²) in [5.41, 5.74) is 0. The van der Waals surface area contributed by atoms with E-state index in [4.69, 9.17) is 0 Å². The van der Waals surface area contributed by atoms with Crippen molar-refractivity contribution in [3.63, 3.8) is 0 Å². The molecule has 2 atom stereocenters. The van der Waals surface area contributed by atoms with Gasteiger partial charge in [0, 0.05) is 44.3 Å². The van der Waals surface area contributed by atoms with E-state index in [-0.39, 0.29) is 0 Å². The molecule has 1 saturated carbocycles. The molecule has 1 N–H and O–H groups in total. The normalized spacial score (nSPS) is 26.2. The summed E-state index contributed by atoms with van der Waals surface area (Å²) in [6.07, 6.45) is 5.81. The molecule has 3 heteroatoms. The molecule has 2 aliphatic rings. The van der Waals surface area contributed by atoms with Crippen LogP contribution < -0.4 is 5.32 Å². The van der Waals surface area contributed by atoms with Crippen molar-refractivity contribution in [2.45, 2.75) is 71.5 Å². The zero-order chi connectivity index (χ0) is 14.5. The Morgan fingerprint density at radius 2 is 1.55 bits per heavy atom. The Hall–Kier alpha value is -0.120. The second kappa shape index (κ2) is 7.77. The number of piperazine rings is 1. The van der Waals surface area contributed by atoms with Crippen LogP contribution in [0.1, 0.15) is 53.4 Å². The van der Waals surface area contributed by atoms with Gasteiger partial charge in [0.05, 0.1) is 0 Å². The van der Waals surface area contributed by atoms with Gasteiger partial charge in [-0.15, -0.1) is 0 Å². The molecule has 1 aliphatic carbocycles. The smallest absolute Gasteiger partial charge is 0.0113 e. The van der Waals surface area contributed by atoms with Crippen LogP contribution in [0, 0.1) is 5.92 Å². The quantitative estimate of drug-likeness (QED) is 0.807. The van der Waals surface area contributed by atoms with E-state index in [1.54, 1.807) is 0 Å². The van der Waals surface area contributed by atoms with Gasteiger partial charge in [-0.1, -0.05) is 33.6 Å². The number of rotatable bonds is 6. The fourth-order valence-corrected chi connectivity index (χ4v) is 3.73. The Bertz CT molecular complexity index is 265. The van der Waals surface area contributed by atoms with E-state index in [2.05, 4.69) is 42.8 Å². The molecule has 0 amide bonds. The van der Waals surface area contributed by atoms with Crippen LogP contribution in [0.4, 0.5) is 0 Å². The summed E-state index contributed by atoms with van der Waals surface area (Å²) in [6.45, 7) is 15.5. The van der Waals surface area contributed by atoms with Crippen molar-refractivity contribution in [3.05, 3.63) is 0 Å². The number of hydrogen-bond donors (Lipinski definition) is 1. The predicted octanol–water partition coefficient (Wildman–Crippen LogP) is 2.57. The number of hydrogen-bond acceptors (Lipinski definition) is 3. The molecule has 0 aromatic carbocycles. The zero-order valence-corrected chi connectivity index (χ0v) is 14.1. The van der Waals surface area contributed by atoms with Crippen LogP contribution >= 0.6 is 0 Å². The SMILES string of the molecule is CC(C)NCC(C)C(C)N1CCN(C2CCCC2)CC1. The average Bonchev–Trinajstić information content (AvgIpc) is 2.98. The van der Waals surface area contributed by atoms with E-state index in [0.29, 0.717) is 12.1 Å². The number of nitrogens with one attached hydrogen (secondary N) is 1. The third-order valence-corrected chi connectivity index (χ3v) is 5.44. The van der Waals surface area contributed by atoms with Crippen molar-refractivity contribution in [3.8, 4) is 0 Å². The van der Waals surface area contributed by atoms with Gasteiger partial charge in [-0.25, -0.2) is 0 Å². The highest BCUT2D eigenvalue weighted by Crippen LogP contribution is 2.25. The summed E-state index contributed by atoms with van der Waals surface area (Å²) in [4.78, 5) is 5.46. The maximum absolute atomic E-state index is 3.58. The van der Waals surface area contributed by atoms with Gasteiger partial charge in [-0.05, 0) is 32.2 Å². The molecule has 2 fully saturated rings. The van der Waals surface area contributed by atoms with Crippen molar-refractivity contribution in [2.24, 2.45) is 5.92 Å². The first-order valence-electron chi connectivity index (χ1n) is 8.79. The van der Waals surface area contributed by atoms with Crippen molar-refractivity contribution in [2.75, 3.05) is 32.7 Å². The highest BCUT2D eigenvalue weighted by molar-refractivity contribution is 4.85. The average molecular weight is 281 g/mol. The van der Waals surface area contributed by atoms with E-state index in [0.717, 1.165) is 18.5 Å². The fourth-order valence-electron chi connectivity index (χ4n) is 3.73. The maximum atomic E-state index is 3.58. The molecule has 1 saturated heterocycles. The lowest BCUT2D eigenvalue weighted by Gasteiger charge is -2.42. The molecule has 0 spiro atoms. The molecule has 0 bridgehead atoms. The van der Waals surface area contributed by atoms with Gasteiger partial charge >= 0.3 is 0 Å². The van der Waals surface area contributed by atoms with Gasteiger partial charge in [0.1, 0.15) is 0 Å². The summed E-state index contributed by atoms with van der Waals surface area (Å²) in [5, 5.41) is 3.58. The van der Waals surface area contributed by atoms with Crippen molar-refractivity contribution >= 4 is 0 Å². The van der Waals surface area contributed by atoms with Crippen LogP contribution in [-0.2, 0) is 0 Å². The Kier molecular flexibility index (Phi) is 6.31. The Morgan fingerprint density at radius 3 is 2.10 bits per heavy atom. The monoisotopic (exact) mass is 281 g/mol. The summed E-state index contributed by atoms with van der Waals surface area (Å²) in [7, 11) is 0. The van der Waals surface area contributed by atoms with E-state index in [9.17, 15) is 0 Å². The maximum Gasteiger partial charge on any atom is 0.0113 e. The zero-order valence-electron chi connectivity index (χ0n) is 14.1. The predicted molar refractivity (Wildman–Crippen MR) is 87.2 cm³/mol. The van der Waals surface area contributed by atoms with E-state index < -0.39 is 0 Å². The molecule has 1 aliphatic heterocycles. The lowest BCUT2D eigenvalue weighted by molar-refractivity contribution is 0.0586. The molecule has 118 valence electrons. The lowest BCUT2D eigenvalue weighted by atomic mass is 10.0. The number of nitrogens with zero attached hydrogens (tertiary/aromatic N) is 2. The van der Waals surface area contributed by atoms with E-state index >= 15 is 0 Å². The topological polar surface area (TPSA) is 18.5 Å². The van der Waals surface area contributed by atoms with Gasteiger partial charge in [-0.2, -0.15) is 0 Å². The second-order valence-electron chi connectivity index (χ2n) is 7.29. The van der Waals surface area contributed by atoms with Gasteiger partial charge < -0.3 is 5.32 Å². The Morgan fingerprint density at radius 1 is 0.950 bits per heavy atom. The van der Waals surface area contributed by atoms with Gasteiger partial charge in [-0.3, -0.25) is 9.80 Å². The van der Waals surface area contributed by atoms with Crippen LogP contribution in [-0.4, -0.2) is 60.6 Å². The molecule has 2 unspecified atom stereocenters. The van der Waals surface area contributed by atoms with Gasteiger partial charge in [0.15, 0.2) is 0 Å². The molecule has 2 rings (SSSR count). The van der Waals surface area contributed by atoms with Crippen LogP contribution in [0.15, 0.2) is 0 Å². The molecule has 3 nitrogen and oxygen atoms in total. The minimum atomic E-state index is 0.601. The van der Waals surface area contributed by atoms with Crippen LogP contribution in [0.2, 0.25) is 0 Å². The molecular weight excluding hydrogens is 246 g/mol. The van der Waals surface area contributed by atoms with Crippen LogP contribution in [0.25, 0.3) is 0 Å². The van der Waals surface area contributed by atoms with Crippen molar-refractivity contribution in [1.29, 1.82) is 0 Å². The standard InChI is InChI=1S/C17H35N3/c1-14(2)18-13-15(3)16(4)19-9-11-20(12-10-19)17-7-5-6-8-17/h14-18H,5-13H2,1-4H3. The molecule has 0 aromatic heterocycles. The first-order chi connectivity index (χ1) is 9.58. The Labute approximate surface area is 126 Å². The summed E-state index contributed by atoms with van der Waals surface area (Å²) in [5.74, 6) is 0.732. The summed E-state index contributed by atoms with van der Waals surface area (Å²) < 4.78 is 0. The Balaban J connectivity index is 1.71. The molecule has 20 heavy (non-hydrogen) atoms. The molecule has 0 radical (unpaired) electrons. The highest BCUT2D eigenvalue weighted by atomic mass is 15.3. The van der Waals surface area contributed by atoms with E-state index in [1.165, 1.54) is 51.9 Å². The minimum Gasteiger partial charge on any atom is -0.314 e.